The summed E-state index contributed by atoms with van der Waals surface area (Å²) in [6.45, 7) is 4.47. The van der Waals surface area contributed by atoms with Gasteiger partial charge in [-0.2, -0.15) is 0 Å². The Morgan fingerprint density at radius 2 is 0.880 bits per heavy atom. The Balaban J connectivity index is 1.36. The van der Waals surface area contributed by atoms with E-state index in [1.807, 2.05) is 24.3 Å². The summed E-state index contributed by atoms with van der Waals surface area (Å²) in [5, 5.41) is 0. The van der Waals surface area contributed by atoms with E-state index in [4.69, 9.17) is 18.9 Å². The van der Waals surface area contributed by atoms with Gasteiger partial charge in [-0.25, -0.2) is 19.2 Å². The normalized spacial score (nSPS) is 21.8. The van der Waals surface area contributed by atoms with Crippen molar-refractivity contribution in [2.75, 3.05) is 14.2 Å². The summed E-state index contributed by atoms with van der Waals surface area (Å²) in [5.74, 6) is -1.30. The second-order valence-electron chi connectivity index (χ2n) is 14.4. The molecule has 2 atom stereocenters. The first kappa shape index (κ1) is 39.1. The zero-order valence-corrected chi connectivity index (χ0v) is 30.7. The van der Waals surface area contributed by atoms with E-state index in [9.17, 15) is 19.2 Å². The van der Waals surface area contributed by atoms with Crippen molar-refractivity contribution in [1.29, 1.82) is 0 Å². The maximum Gasteiger partial charge on any atom is 0.351 e. The molecule has 4 rings (SSSR count). The zero-order chi connectivity index (χ0) is 35.9. The Labute approximate surface area is 299 Å². The van der Waals surface area contributed by atoms with E-state index in [1.54, 1.807) is 24.3 Å². The molecule has 0 amide bonds. The fourth-order valence-corrected chi connectivity index (χ4v) is 7.78. The van der Waals surface area contributed by atoms with Crippen LogP contribution >= 0.6 is 0 Å². The number of hydrogen-bond acceptors (Lipinski definition) is 8. The standard InChI is InChI=1S/C42H58O8/c1-5-7-9-11-29-13-17-31(18-14-29)33-21-25-35(26-22-33)39(43)49-37(41(45)47-3)38(42(46)48-4)50-40(44)36-27-23-34(24-28-36)32-19-15-30(16-20-32)12-10-8-6-2/h21-32,37-38H,5-20H2,1-4H3/t29?,30?,31?,32?,37-,38-/m1/s1. The molecule has 2 aromatic carbocycles. The molecular formula is C42H58O8. The number of esters is 4. The van der Waals surface area contributed by atoms with Crippen LogP contribution in [0.5, 0.6) is 0 Å². The Kier molecular flexibility index (Phi) is 15.8. The summed E-state index contributed by atoms with van der Waals surface area (Å²) < 4.78 is 20.7. The monoisotopic (exact) mass is 690 g/mol. The quantitative estimate of drug-likeness (QED) is 0.0918. The van der Waals surface area contributed by atoms with Gasteiger partial charge in [-0.15, -0.1) is 0 Å². The molecule has 2 fully saturated rings. The number of ether oxygens (including phenoxy) is 4. The van der Waals surface area contributed by atoms with Crippen LogP contribution in [0.3, 0.4) is 0 Å². The maximum atomic E-state index is 13.3. The molecule has 274 valence electrons. The highest BCUT2D eigenvalue weighted by Gasteiger charge is 2.42. The van der Waals surface area contributed by atoms with Gasteiger partial charge in [-0.05, 0) is 110 Å². The summed E-state index contributed by atoms with van der Waals surface area (Å²) in [4.78, 5) is 52.2. The van der Waals surface area contributed by atoms with Crippen molar-refractivity contribution in [3.05, 3.63) is 70.8 Å². The minimum Gasteiger partial charge on any atom is -0.466 e. The average Bonchev–Trinajstić information content (AvgIpc) is 3.16. The van der Waals surface area contributed by atoms with Crippen LogP contribution in [-0.2, 0) is 28.5 Å². The summed E-state index contributed by atoms with van der Waals surface area (Å²) in [5.41, 5.74) is 2.74. The molecule has 0 N–H and O–H groups in total. The van der Waals surface area contributed by atoms with E-state index in [0.717, 1.165) is 51.7 Å². The smallest absolute Gasteiger partial charge is 0.351 e. The molecule has 2 aliphatic rings. The van der Waals surface area contributed by atoms with Gasteiger partial charge >= 0.3 is 23.9 Å². The number of hydrogen-bond donors (Lipinski definition) is 0. The van der Waals surface area contributed by atoms with Gasteiger partial charge in [-0.1, -0.05) is 89.5 Å². The lowest BCUT2D eigenvalue weighted by molar-refractivity contribution is -0.170. The first-order valence-corrected chi connectivity index (χ1v) is 19.0. The van der Waals surface area contributed by atoms with Gasteiger partial charge in [0, 0.05) is 0 Å². The van der Waals surface area contributed by atoms with Crippen LogP contribution in [0.4, 0.5) is 0 Å². The highest BCUT2D eigenvalue weighted by molar-refractivity contribution is 5.96. The molecule has 0 unspecified atom stereocenters. The van der Waals surface area contributed by atoms with Crippen LogP contribution in [0, 0.1) is 11.8 Å². The van der Waals surface area contributed by atoms with Gasteiger partial charge in [0.25, 0.3) is 0 Å². The molecule has 2 aromatic rings. The lowest BCUT2D eigenvalue weighted by Gasteiger charge is -2.29. The third-order valence-electron chi connectivity index (χ3n) is 11.0. The fraction of sp³-hybridized carbons (Fsp3) is 0.619. The fourth-order valence-electron chi connectivity index (χ4n) is 7.78. The molecule has 50 heavy (non-hydrogen) atoms. The molecule has 0 aromatic heterocycles. The van der Waals surface area contributed by atoms with Gasteiger partial charge in [0.1, 0.15) is 0 Å². The number of carbonyl (C=O) groups is 4. The van der Waals surface area contributed by atoms with E-state index in [0.29, 0.717) is 11.8 Å². The number of methoxy groups -OCH3 is 2. The number of unbranched alkanes of at least 4 members (excludes halogenated alkanes) is 4. The first-order valence-electron chi connectivity index (χ1n) is 19.0. The van der Waals surface area contributed by atoms with Crippen molar-refractivity contribution in [3.63, 3.8) is 0 Å². The van der Waals surface area contributed by atoms with E-state index in [2.05, 4.69) is 13.8 Å². The van der Waals surface area contributed by atoms with Crippen LogP contribution in [0.25, 0.3) is 0 Å². The van der Waals surface area contributed by atoms with Crippen molar-refractivity contribution in [1.82, 2.24) is 0 Å². The van der Waals surface area contributed by atoms with Crippen LogP contribution in [0.15, 0.2) is 48.5 Å². The SMILES string of the molecule is CCCCCC1CCC(c2ccc(C(=O)O[C@@H](C(=O)OC)[C@@H](OC(=O)c3ccc(C4CCC(CCCCC)CC4)cc3)C(=O)OC)cc2)CC1. The Bertz CT molecular complexity index is 1250. The Morgan fingerprint density at radius 3 is 1.18 bits per heavy atom. The van der Waals surface area contributed by atoms with Crippen molar-refractivity contribution >= 4 is 23.9 Å². The Morgan fingerprint density at radius 1 is 0.540 bits per heavy atom. The van der Waals surface area contributed by atoms with Crippen molar-refractivity contribution in [3.8, 4) is 0 Å². The third kappa shape index (κ3) is 11.2. The predicted molar refractivity (Wildman–Crippen MR) is 193 cm³/mol. The molecule has 2 aliphatic carbocycles. The highest BCUT2D eigenvalue weighted by atomic mass is 16.6. The van der Waals surface area contributed by atoms with Crippen LogP contribution < -0.4 is 0 Å². The van der Waals surface area contributed by atoms with Gasteiger partial charge in [-0.3, -0.25) is 0 Å². The minimum absolute atomic E-state index is 0.205. The van der Waals surface area contributed by atoms with Gasteiger partial charge in [0.05, 0.1) is 25.3 Å². The number of carbonyl (C=O) groups excluding carboxylic acids is 4. The summed E-state index contributed by atoms with van der Waals surface area (Å²) in [7, 11) is 2.20. The van der Waals surface area contributed by atoms with Crippen molar-refractivity contribution < 1.29 is 38.1 Å². The molecule has 0 spiro atoms. The molecule has 8 heteroatoms. The predicted octanol–water partition coefficient (Wildman–Crippen LogP) is 9.49. The highest BCUT2D eigenvalue weighted by Crippen LogP contribution is 2.39. The van der Waals surface area contributed by atoms with Crippen LogP contribution in [-0.4, -0.2) is 50.3 Å². The van der Waals surface area contributed by atoms with Gasteiger partial charge in [0.15, 0.2) is 0 Å². The van der Waals surface area contributed by atoms with E-state index in [-0.39, 0.29) is 11.1 Å². The van der Waals surface area contributed by atoms with Crippen molar-refractivity contribution in [2.24, 2.45) is 11.8 Å². The zero-order valence-electron chi connectivity index (χ0n) is 30.7. The van der Waals surface area contributed by atoms with Gasteiger partial charge < -0.3 is 18.9 Å². The topological polar surface area (TPSA) is 105 Å². The lowest BCUT2D eigenvalue weighted by atomic mass is 9.77. The minimum atomic E-state index is -1.86. The third-order valence-corrected chi connectivity index (χ3v) is 11.0. The number of rotatable bonds is 17. The lowest BCUT2D eigenvalue weighted by Crippen LogP contribution is -2.47. The molecule has 0 heterocycles. The van der Waals surface area contributed by atoms with E-state index >= 15 is 0 Å². The molecule has 0 radical (unpaired) electrons. The summed E-state index contributed by atoms with van der Waals surface area (Å²) in [6, 6.07) is 14.4. The molecule has 0 aliphatic heterocycles. The summed E-state index contributed by atoms with van der Waals surface area (Å²) in [6.07, 6.45) is 16.0. The van der Waals surface area contributed by atoms with Crippen LogP contribution in [0.2, 0.25) is 0 Å². The largest absolute Gasteiger partial charge is 0.466 e. The molecule has 2 saturated carbocycles. The van der Waals surface area contributed by atoms with Gasteiger partial charge in [0.2, 0.25) is 12.2 Å². The first-order chi connectivity index (χ1) is 24.3. The molecule has 8 nitrogen and oxygen atoms in total. The van der Waals surface area contributed by atoms with Crippen molar-refractivity contribution in [2.45, 2.75) is 141 Å². The molecular weight excluding hydrogens is 632 g/mol. The van der Waals surface area contributed by atoms with E-state index in [1.165, 1.54) is 88.2 Å². The van der Waals surface area contributed by atoms with Crippen LogP contribution in [0.1, 0.15) is 160 Å². The van der Waals surface area contributed by atoms with E-state index < -0.39 is 36.1 Å². The average molecular weight is 691 g/mol. The Hall–Kier alpha value is -3.68. The maximum absolute atomic E-state index is 13.3. The summed E-state index contributed by atoms with van der Waals surface area (Å²) >= 11 is 0. The molecule has 0 bridgehead atoms. The second kappa shape index (κ2) is 20.2. The second-order valence-corrected chi connectivity index (χ2v) is 14.4. The number of benzene rings is 2. The molecule has 0 saturated heterocycles.